The van der Waals surface area contributed by atoms with Crippen LogP contribution in [0.3, 0.4) is 0 Å². The van der Waals surface area contributed by atoms with Gasteiger partial charge in [-0.3, -0.25) is 9.59 Å². The van der Waals surface area contributed by atoms with Crippen molar-refractivity contribution in [2.24, 2.45) is 5.41 Å². The molecule has 9 heteroatoms. The summed E-state index contributed by atoms with van der Waals surface area (Å²) in [6.07, 6.45) is -3.82. The first-order chi connectivity index (χ1) is 16.3. The molecule has 0 aromatic heterocycles. The summed E-state index contributed by atoms with van der Waals surface area (Å²) in [6, 6.07) is 9.51. The second-order valence-electron chi connectivity index (χ2n) is 9.59. The summed E-state index contributed by atoms with van der Waals surface area (Å²) >= 11 is 12.6. The molecule has 2 aliphatic rings. The molecule has 0 saturated carbocycles. The number of dihydropyridines is 1. The van der Waals surface area contributed by atoms with Crippen molar-refractivity contribution < 1.29 is 22.8 Å². The molecule has 1 heterocycles. The Kier molecular flexibility index (Phi) is 6.53. The standard InChI is InChI=1S/C26H23Cl2F3N2O2/c1-13-21(24(35)33-18-7-5-4-6-16(18)26(29,30)31)22(15-9-8-14(27)10-17(15)28)23-19(32-13)11-25(2,3)12-20(23)34/h4-10,22,32H,11-12H2,1-3H3,(H,33,35). The van der Waals surface area contributed by atoms with Gasteiger partial charge >= 0.3 is 6.18 Å². The molecule has 1 unspecified atom stereocenters. The van der Waals surface area contributed by atoms with E-state index in [0.717, 1.165) is 6.07 Å². The van der Waals surface area contributed by atoms with Gasteiger partial charge in [0.15, 0.2) is 5.78 Å². The van der Waals surface area contributed by atoms with Crippen LogP contribution in [0.25, 0.3) is 0 Å². The van der Waals surface area contributed by atoms with E-state index in [2.05, 4.69) is 10.6 Å². The number of carbonyl (C=O) groups is 2. The van der Waals surface area contributed by atoms with E-state index in [9.17, 15) is 22.8 Å². The second-order valence-corrected chi connectivity index (χ2v) is 10.4. The highest BCUT2D eigenvalue weighted by Gasteiger charge is 2.43. The van der Waals surface area contributed by atoms with Crippen LogP contribution in [-0.4, -0.2) is 11.7 Å². The van der Waals surface area contributed by atoms with Crippen LogP contribution in [0.15, 0.2) is 65.0 Å². The molecule has 1 aliphatic carbocycles. The summed E-state index contributed by atoms with van der Waals surface area (Å²) in [7, 11) is 0. The second kappa shape index (κ2) is 9.03. The zero-order chi connectivity index (χ0) is 25.7. The quantitative estimate of drug-likeness (QED) is 0.446. The Morgan fingerprint density at radius 2 is 1.80 bits per heavy atom. The van der Waals surface area contributed by atoms with Gasteiger partial charge in [0.05, 0.1) is 11.3 Å². The molecular weight excluding hydrogens is 500 g/mol. The Morgan fingerprint density at radius 1 is 1.11 bits per heavy atom. The van der Waals surface area contributed by atoms with E-state index in [4.69, 9.17) is 23.2 Å². The lowest BCUT2D eigenvalue weighted by Crippen LogP contribution is -2.39. The molecule has 1 atom stereocenters. The monoisotopic (exact) mass is 522 g/mol. The maximum atomic E-state index is 13.5. The number of allylic oxidation sites excluding steroid dienone is 3. The molecule has 0 bridgehead atoms. The number of hydrogen-bond acceptors (Lipinski definition) is 3. The molecule has 0 fully saturated rings. The highest BCUT2D eigenvalue weighted by molar-refractivity contribution is 6.35. The first-order valence-corrected chi connectivity index (χ1v) is 11.7. The van der Waals surface area contributed by atoms with E-state index < -0.39 is 23.6 Å². The lowest BCUT2D eigenvalue weighted by atomic mass is 9.68. The summed E-state index contributed by atoms with van der Waals surface area (Å²) < 4.78 is 40.6. The molecule has 1 aliphatic heterocycles. The minimum atomic E-state index is -4.66. The largest absolute Gasteiger partial charge is 0.418 e. The Hall–Kier alpha value is -2.77. The molecule has 4 rings (SSSR count). The molecule has 184 valence electrons. The van der Waals surface area contributed by atoms with Gasteiger partial charge in [0.25, 0.3) is 5.91 Å². The SMILES string of the molecule is CC1=C(C(=O)Nc2ccccc2C(F)(F)F)C(c2ccc(Cl)cc2Cl)C2=C(CC(C)(C)CC2=O)N1. The Bertz CT molecular complexity index is 1300. The molecule has 0 saturated heterocycles. The number of nitrogens with one attached hydrogen (secondary N) is 2. The maximum Gasteiger partial charge on any atom is 0.418 e. The fourth-order valence-corrected chi connectivity index (χ4v) is 5.33. The van der Waals surface area contributed by atoms with Crippen molar-refractivity contribution >= 4 is 40.6 Å². The Morgan fingerprint density at radius 3 is 2.46 bits per heavy atom. The van der Waals surface area contributed by atoms with Gasteiger partial charge < -0.3 is 10.6 Å². The Balaban J connectivity index is 1.84. The fraction of sp³-hybridized carbons (Fsp3) is 0.308. The third-order valence-corrected chi connectivity index (χ3v) is 6.80. The van der Waals surface area contributed by atoms with Crippen LogP contribution in [0.2, 0.25) is 10.0 Å². The number of hydrogen-bond donors (Lipinski definition) is 2. The third-order valence-electron chi connectivity index (χ3n) is 6.24. The minimum Gasteiger partial charge on any atom is -0.362 e. The van der Waals surface area contributed by atoms with Gasteiger partial charge in [-0.25, -0.2) is 0 Å². The van der Waals surface area contributed by atoms with Crippen LogP contribution in [0.4, 0.5) is 18.9 Å². The van der Waals surface area contributed by atoms with Gasteiger partial charge in [0, 0.05) is 44.9 Å². The van der Waals surface area contributed by atoms with Gasteiger partial charge in [-0.15, -0.1) is 0 Å². The minimum absolute atomic E-state index is 0.123. The lowest BCUT2D eigenvalue weighted by molar-refractivity contribution is -0.137. The number of para-hydroxylation sites is 1. The number of rotatable bonds is 3. The lowest BCUT2D eigenvalue weighted by Gasteiger charge is -2.40. The third kappa shape index (κ3) is 4.98. The molecule has 2 aromatic carbocycles. The van der Waals surface area contributed by atoms with E-state index in [0.29, 0.717) is 34.0 Å². The maximum absolute atomic E-state index is 13.5. The van der Waals surface area contributed by atoms with Gasteiger partial charge in [-0.2, -0.15) is 13.2 Å². The van der Waals surface area contributed by atoms with Crippen molar-refractivity contribution in [3.8, 4) is 0 Å². The van der Waals surface area contributed by atoms with E-state index in [1.54, 1.807) is 19.1 Å². The number of carbonyl (C=O) groups excluding carboxylic acids is 2. The van der Waals surface area contributed by atoms with Crippen LogP contribution in [0, 0.1) is 5.41 Å². The van der Waals surface area contributed by atoms with Crippen LogP contribution in [-0.2, 0) is 15.8 Å². The predicted molar refractivity (Wildman–Crippen MR) is 130 cm³/mol. The van der Waals surface area contributed by atoms with E-state index in [-0.39, 0.29) is 33.9 Å². The molecule has 2 aromatic rings. The van der Waals surface area contributed by atoms with Crippen molar-refractivity contribution in [2.45, 2.75) is 45.7 Å². The van der Waals surface area contributed by atoms with E-state index in [1.807, 2.05) is 13.8 Å². The molecule has 0 spiro atoms. The summed E-state index contributed by atoms with van der Waals surface area (Å²) in [6.45, 7) is 5.63. The molecular formula is C26H23Cl2F3N2O2. The predicted octanol–water partition coefficient (Wildman–Crippen LogP) is 7.25. The van der Waals surface area contributed by atoms with Crippen LogP contribution in [0.1, 0.15) is 50.7 Å². The zero-order valence-electron chi connectivity index (χ0n) is 19.2. The first kappa shape index (κ1) is 25.3. The summed E-state index contributed by atoms with van der Waals surface area (Å²) in [5.41, 5.74) is 0.495. The topological polar surface area (TPSA) is 58.2 Å². The summed E-state index contributed by atoms with van der Waals surface area (Å²) in [5, 5.41) is 6.23. The summed E-state index contributed by atoms with van der Waals surface area (Å²) in [5.74, 6) is -1.77. The van der Waals surface area contributed by atoms with E-state index >= 15 is 0 Å². The number of ketones is 1. The number of halogens is 5. The normalized spacial score (nSPS) is 19.9. The molecule has 0 radical (unpaired) electrons. The average Bonchev–Trinajstić information content (AvgIpc) is 2.71. The highest BCUT2D eigenvalue weighted by atomic mass is 35.5. The van der Waals surface area contributed by atoms with Gasteiger partial charge in [0.2, 0.25) is 0 Å². The summed E-state index contributed by atoms with van der Waals surface area (Å²) in [4.78, 5) is 26.9. The average molecular weight is 523 g/mol. The van der Waals surface area contributed by atoms with Crippen molar-refractivity contribution in [3.05, 3.63) is 86.2 Å². The van der Waals surface area contributed by atoms with Crippen LogP contribution in [0.5, 0.6) is 0 Å². The van der Waals surface area contributed by atoms with Crippen molar-refractivity contribution in [1.29, 1.82) is 0 Å². The van der Waals surface area contributed by atoms with Crippen molar-refractivity contribution in [3.63, 3.8) is 0 Å². The van der Waals surface area contributed by atoms with Gasteiger partial charge in [-0.1, -0.05) is 55.2 Å². The number of benzene rings is 2. The van der Waals surface area contributed by atoms with Gasteiger partial charge in [0.1, 0.15) is 0 Å². The van der Waals surface area contributed by atoms with Crippen molar-refractivity contribution in [2.75, 3.05) is 5.32 Å². The smallest absolute Gasteiger partial charge is 0.362 e. The fourth-order valence-electron chi connectivity index (χ4n) is 4.81. The van der Waals surface area contributed by atoms with Crippen molar-refractivity contribution in [1.82, 2.24) is 5.32 Å². The molecule has 2 N–H and O–H groups in total. The van der Waals surface area contributed by atoms with Gasteiger partial charge in [-0.05, 0) is 48.6 Å². The number of anilines is 1. The number of amides is 1. The number of Topliss-reactive ketones (excluding diaryl/α,β-unsaturated/α-hetero) is 1. The van der Waals surface area contributed by atoms with E-state index in [1.165, 1.54) is 24.3 Å². The van der Waals surface area contributed by atoms with Crippen LogP contribution >= 0.6 is 23.2 Å². The molecule has 35 heavy (non-hydrogen) atoms. The van der Waals surface area contributed by atoms with Crippen LogP contribution < -0.4 is 10.6 Å². The molecule has 1 amide bonds. The number of alkyl halides is 3. The first-order valence-electron chi connectivity index (χ1n) is 10.9. The molecule has 4 nitrogen and oxygen atoms in total. The zero-order valence-corrected chi connectivity index (χ0v) is 20.8. The highest BCUT2D eigenvalue weighted by Crippen LogP contribution is 2.48. The Labute approximate surface area is 211 Å².